The first kappa shape index (κ1) is 13.5. The molecule has 1 N–H and O–H groups in total. The van der Waals surface area contributed by atoms with Gasteiger partial charge in [-0.15, -0.1) is 0 Å². The van der Waals surface area contributed by atoms with Gasteiger partial charge in [0.05, 0.1) is 12.2 Å². The van der Waals surface area contributed by atoms with Gasteiger partial charge in [-0.1, -0.05) is 0 Å². The molecule has 0 saturated carbocycles. The van der Waals surface area contributed by atoms with Crippen LogP contribution in [-0.4, -0.2) is 47.8 Å². The zero-order valence-corrected chi connectivity index (χ0v) is 10.3. The quantitative estimate of drug-likeness (QED) is 0.744. The maximum atomic E-state index is 11.8. The molecular formula is C12H23NO3. The molecule has 4 nitrogen and oxygen atoms in total. The van der Waals surface area contributed by atoms with Gasteiger partial charge in [0.25, 0.3) is 0 Å². The van der Waals surface area contributed by atoms with Crippen LogP contribution in [0.1, 0.15) is 39.5 Å². The van der Waals surface area contributed by atoms with E-state index in [2.05, 4.69) is 0 Å². The van der Waals surface area contributed by atoms with E-state index in [4.69, 9.17) is 9.84 Å². The average Bonchev–Trinajstić information content (AvgIpc) is 2.75. The summed E-state index contributed by atoms with van der Waals surface area (Å²) in [5, 5.41) is 9.14. The minimum Gasteiger partial charge on any atom is -0.393 e. The zero-order valence-electron chi connectivity index (χ0n) is 10.3. The van der Waals surface area contributed by atoms with Crippen molar-refractivity contribution in [2.75, 3.05) is 19.7 Å². The van der Waals surface area contributed by atoms with Crippen molar-refractivity contribution in [3.63, 3.8) is 0 Å². The molecular weight excluding hydrogens is 206 g/mol. The van der Waals surface area contributed by atoms with E-state index in [9.17, 15) is 4.79 Å². The summed E-state index contributed by atoms with van der Waals surface area (Å²) in [6.45, 7) is 5.94. The lowest BCUT2D eigenvalue weighted by atomic mass is 10.2. The van der Waals surface area contributed by atoms with Crippen molar-refractivity contribution in [2.45, 2.75) is 51.7 Å². The van der Waals surface area contributed by atoms with Gasteiger partial charge in [0, 0.05) is 26.1 Å². The lowest BCUT2D eigenvalue weighted by Gasteiger charge is -2.24. The SMILES string of the molecule is CCN(CC1CCCO1)C(=O)CCC(C)O. The van der Waals surface area contributed by atoms with Crippen LogP contribution in [0.3, 0.4) is 0 Å². The van der Waals surface area contributed by atoms with Crippen LogP contribution in [0.15, 0.2) is 0 Å². The Balaban J connectivity index is 2.30. The monoisotopic (exact) mass is 229 g/mol. The molecule has 1 saturated heterocycles. The largest absolute Gasteiger partial charge is 0.393 e. The number of ether oxygens (including phenoxy) is 1. The Bertz CT molecular complexity index is 212. The van der Waals surface area contributed by atoms with E-state index in [1.165, 1.54) is 0 Å². The van der Waals surface area contributed by atoms with Gasteiger partial charge in [-0.2, -0.15) is 0 Å². The van der Waals surface area contributed by atoms with Crippen LogP contribution in [-0.2, 0) is 9.53 Å². The van der Waals surface area contributed by atoms with Crippen LogP contribution < -0.4 is 0 Å². The van der Waals surface area contributed by atoms with Gasteiger partial charge in [-0.3, -0.25) is 4.79 Å². The summed E-state index contributed by atoms with van der Waals surface area (Å²) in [6.07, 6.45) is 2.95. The Morgan fingerprint density at radius 3 is 2.88 bits per heavy atom. The molecule has 0 bridgehead atoms. The van der Waals surface area contributed by atoms with Crippen LogP contribution in [0, 0.1) is 0 Å². The molecule has 1 fully saturated rings. The third kappa shape index (κ3) is 4.49. The van der Waals surface area contributed by atoms with E-state index in [-0.39, 0.29) is 12.0 Å². The highest BCUT2D eigenvalue weighted by Crippen LogP contribution is 2.14. The van der Waals surface area contributed by atoms with E-state index >= 15 is 0 Å². The number of hydrogen-bond donors (Lipinski definition) is 1. The summed E-state index contributed by atoms with van der Waals surface area (Å²) in [6, 6.07) is 0. The number of carbonyl (C=O) groups excluding carboxylic acids is 1. The zero-order chi connectivity index (χ0) is 12.0. The van der Waals surface area contributed by atoms with Crippen LogP contribution in [0.5, 0.6) is 0 Å². The van der Waals surface area contributed by atoms with E-state index in [1.807, 2.05) is 11.8 Å². The number of aliphatic hydroxyl groups is 1. The van der Waals surface area contributed by atoms with Gasteiger partial charge in [-0.05, 0) is 33.1 Å². The van der Waals surface area contributed by atoms with Crippen molar-refractivity contribution >= 4 is 5.91 Å². The number of rotatable bonds is 6. The van der Waals surface area contributed by atoms with Crippen LogP contribution in [0.25, 0.3) is 0 Å². The minimum atomic E-state index is -0.398. The van der Waals surface area contributed by atoms with Crippen molar-refractivity contribution < 1.29 is 14.6 Å². The molecule has 0 aliphatic carbocycles. The second kappa shape index (κ2) is 6.86. The van der Waals surface area contributed by atoms with Gasteiger partial charge < -0.3 is 14.7 Å². The topological polar surface area (TPSA) is 49.8 Å². The van der Waals surface area contributed by atoms with Crippen molar-refractivity contribution in [1.29, 1.82) is 0 Å². The minimum absolute atomic E-state index is 0.124. The fraction of sp³-hybridized carbons (Fsp3) is 0.917. The molecule has 16 heavy (non-hydrogen) atoms. The first-order chi connectivity index (χ1) is 7.63. The molecule has 1 heterocycles. The van der Waals surface area contributed by atoms with Gasteiger partial charge >= 0.3 is 0 Å². The van der Waals surface area contributed by atoms with Crippen LogP contribution in [0.4, 0.5) is 0 Å². The van der Waals surface area contributed by atoms with Gasteiger partial charge in [0.1, 0.15) is 0 Å². The van der Waals surface area contributed by atoms with Crippen molar-refractivity contribution in [2.24, 2.45) is 0 Å². The Kier molecular flexibility index (Phi) is 5.77. The molecule has 2 atom stereocenters. The third-order valence-electron chi connectivity index (χ3n) is 2.96. The second-order valence-corrected chi connectivity index (χ2v) is 4.46. The van der Waals surface area contributed by atoms with E-state index in [0.29, 0.717) is 19.4 Å². The number of amides is 1. The summed E-state index contributed by atoms with van der Waals surface area (Å²) in [5.74, 6) is 0.124. The highest BCUT2D eigenvalue weighted by Gasteiger charge is 2.21. The Hall–Kier alpha value is -0.610. The fourth-order valence-corrected chi connectivity index (χ4v) is 1.93. The normalized spacial score (nSPS) is 22.1. The first-order valence-electron chi connectivity index (χ1n) is 6.21. The Morgan fingerprint density at radius 2 is 2.38 bits per heavy atom. The number of aliphatic hydroxyl groups excluding tert-OH is 1. The molecule has 0 aromatic heterocycles. The predicted octanol–water partition coefficient (Wildman–Crippen LogP) is 1.17. The molecule has 0 aromatic rings. The standard InChI is InChI=1S/C12H23NO3/c1-3-13(9-11-5-4-8-16-11)12(15)7-6-10(2)14/h10-11,14H,3-9H2,1-2H3. The maximum Gasteiger partial charge on any atom is 0.222 e. The molecule has 2 unspecified atom stereocenters. The number of likely N-dealkylation sites (N-methyl/N-ethyl adjacent to an activating group) is 1. The number of hydrogen-bond acceptors (Lipinski definition) is 3. The lowest BCUT2D eigenvalue weighted by molar-refractivity contribution is -0.133. The highest BCUT2D eigenvalue weighted by molar-refractivity contribution is 5.76. The summed E-state index contributed by atoms with van der Waals surface area (Å²) < 4.78 is 5.52. The lowest BCUT2D eigenvalue weighted by Crippen LogP contribution is -2.37. The maximum absolute atomic E-state index is 11.8. The Labute approximate surface area is 97.6 Å². The molecule has 1 rings (SSSR count). The fourth-order valence-electron chi connectivity index (χ4n) is 1.93. The number of nitrogens with zero attached hydrogens (tertiary/aromatic N) is 1. The Morgan fingerprint density at radius 1 is 1.62 bits per heavy atom. The van der Waals surface area contributed by atoms with Gasteiger partial charge in [-0.25, -0.2) is 0 Å². The second-order valence-electron chi connectivity index (χ2n) is 4.46. The van der Waals surface area contributed by atoms with Crippen molar-refractivity contribution in [3.8, 4) is 0 Å². The van der Waals surface area contributed by atoms with Crippen LogP contribution in [0.2, 0.25) is 0 Å². The van der Waals surface area contributed by atoms with Crippen LogP contribution >= 0.6 is 0 Å². The predicted molar refractivity (Wildman–Crippen MR) is 62.1 cm³/mol. The molecule has 0 spiro atoms. The third-order valence-corrected chi connectivity index (χ3v) is 2.96. The molecule has 0 aromatic carbocycles. The van der Waals surface area contributed by atoms with Crippen molar-refractivity contribution in [1.82, 2.24) is 4.90 Å². The molecule has 4 heteroatoms. The van der Waals surface area contributed by atoms with E-state index in [0.717, 1.165) is 26.0 Å². The van der Waals surface area contributed by atoms with E-state index < -0.39 is 6.10 Å². The molecule has 1 aliphatic heterocycles. The highest BCUT2D eigenvalue weighted by atomic mass is 16.5. The average molecular weight is 229 g/mol. The summed E-state index contributed by atoms with van der Waals surface area (Å²) in [4.78, 5) is 13.7. The molecule has 1 amide bonds. The summed E-state index contributed by atoms with van der Waals surface area (Å²) in [5.41, 5.74) is 0. The first-order valence-corrected chi connectivity index (χ1v) is 6.21. The molecule has 1 aliphatic rings. The van der Waals surface area contributed by atoms with Gasteiger partial charge in [0.15, 0.2) is 0 Å². The van der Waals surface area contributed by atoms with Crippen molar-refractivity contribution in [3.05, 3.63) is 0 Å². The molecule has 0 radical (unpaired) electrons. The van der Waals surface area contributed by atoms with E-state index in [1.54, 1.807) is 6.92 Å². The summed E-state index contributed by atoms with van der Waals surface area (Å²) >= 11 is 0. The number of carbonyl (C=O) groups is 1. The van der Waals surface area contributed by atoms with Gasteiger partial charge in [0.2, 0.25) is 5.91 Å². The summed E-state index contributed by atoms with van der Waals surface area (Å²) in [7, 11) is 0. The smallest absolute Gasteiger partial charge is 0.222 e. The molecule has 94 valence electrons.